The number of likely N-dealkylation sites (tertiary alicyclic amines) is 1. The van der Waals surface area contributed by atoms with Crippen LogP contribution in [0.5, 0.6) is 0 Å². The van der Waals surface area contributed by atoms with Crippen molar-refractivity contribution >= 4 is 23.4 Å². The first kappa shape index (κ1) is 21.7. The molecule has 1 aromatic rings. The van der Waals surface area contributed by atoms with Crippen molar-refractivity contribution < 1.29 is 14.7 Å². The van der Waals surface area contributed by atoms with Crippen LogP contribution >= 0.6 is 11.6 Å². The second kappa shape index (κ2) is 9.07. The third-order valence-electron chi connectivity index (χ3n) is 5.57. The van der Waals surface area contributed by atoms with Gasteiger partial charge in [0.1, 0.15) is 0 Å². The number of aliphatic hydroxyl groups excluding tert-OH is 1. The van der Waals surface area contributed by atoms with E-state index in [0.29, 0.717) is 24.4 Å². The van der Waals surface area contributed by atoms with E-state index in [1.54, 1.807) is 6.92 Å². The Hall–Kier alpha value is -1.59. The number of nitrogens with zero attached hydrogens (tertiary/aromatic N) is 1. The zero-order chi connectivity index (χ0) is 20.2. The SMILES string of the molecule is CCNC(=O)CC1(C)CCC(c2ccc(Cl)cc2)N(C(CC)C(C)O)C1=O. The number of halogens is 1. The highest BCUT2D eigenvalue weighted by molar-refractivity contribution is 6.30. The molecule has 6 heteroatoms. The molecule has 4 atom stereocenters. The van der Waals surface area contributed by atoms with Gasteiger partial charge in [-0.2, -0.15) is 0 Å². The van der Waals surface area contributed by atoms with E-state index in [2.05, 4.69) is 5.32 Å². The van der Waals surface area contributed by atoms with E-state index in [1.807, 2.05) is 49.9 Å². The molecule has 1 aliphatic heterocycles. The molecular weight excluding hydrogens is 364 g/mol. The molecule has 1 fully saturated rings. The molecule has 0 aliphatic carbocycles. The number of piperidine rings is 1. The second-order valence-corrected chi connectivity index (χ2v) is 8.16. The van der Waals surface area contributed by atoms with Crippen LogP contribution in [0.2, 0.25) is 5.02 Å². The Morgan fingerprint density at radius 2 is 2.00 bits per heavy atom. The van der Waals surface area contributed by atoms with Gasteiger partial charge in [0.2, 0.25) is 11.8 Å². The fraction of sp³-hybridized carbons (Fsp3) is 0.619. The molecule has 27 heavy (non-hydrogen) atoms. The molecule has 5 nitrogen and oxygen atoms in total. The molecule has 2 N–H and O–H groups in total. The van der Waals surface area contributed by atoms with E-state index in [-0.39, 0.29) is 30.3 Å². The van der Waals surface area contributed by atoms with Gasteiger partial charge in [-0.05, 0) is 50.8 Å². The molecule has 0 bridgehead atoms. The van der Waals surface area contributed by atoms with Gasteiger partial charge in [-0.25, -0.2) is 0 Å². The van der Waals surface area contributed by atoms with E-state index in [4.69, 9.17) is 11.6 Å². The van der Waals surface area contributed by atoms with Gasteiger partial charge in [0, 0.05) is 18.0 Å². The zero-order valence-corrected chi connectivity index (χ0v) is 17.4. The minimum absolute atomic E-state index is 0.0623. The average molecular weight is 395 g/mol. The van der Waals surface area contributed by atoms with Crippen LogP contribution < -0.4 is 5.32 Å². The van der Waals surface area contributed by atoms with Crippen molar-refractivity contribution in [2.75, 3.05) is 6.54 Å². The molecule has 1 heterocycles. The fourth-order valence-electron chi connectivity index (χ4n) is 4.10. The number of amides is 2. The summed E-state index contributed by atoms with van der Waals surface area (Å²) >= 11 is 6.02. The lowest BCUT2D eigenvalue weighted by Gasteiger charge is -2.48. The van der Waals surface area contributed by atoms with Gasteiger partial charge in [-0.3, -0.25) is 9.59 Å². The third-order valence-corrected chi connectivity index (χ3v) is 5.82. The van der Waals surface area contributed by atoms with Crippen LogP contribution in [0, 0.1) is 5.41 Å². The maximum absolute atomic E-state index is 13.6. The minimum Gasteiger partial charge on any atom is -0.391 e. The Balaban J connectivity index is 2.39. The summed E-state index contributed by atoms with van der Waals surface area (Å²) in [5, 5.41) is 13.8. The summed E-state index contributed by atoms with van der Waals surface area (Å²) < 4.78 is 0. The van der Waals surface area contributed by atoms with Crippen molar-refractivity contribution in [3.05, 3.63) is 34.9 Å². The smallest absolute Gasteiger partial charge is 0.229 e. The molecule has 0 spiro atoms. The number of aliphatic hydroxyl groups is 1. The van der Waals surface area contributed by atoms with E-state index in [9.17, 15) is 14.7 Å². The number of nitrogens with one attached hydrogen (secondary N) is 1. The Bertz CT molecular complexity index is 662. The number of benzene rings is 1. The third kappa shape index (κ3) is 4.82. The van der Waals surface area contributed by atoms with Crippen molar-refractivity contribution in [3.8, 4) is 0 Å². The van der Waals surface area contributed by atoms with E-state index < -0.39 is 11.5 Å². The number of carbonyl (C=O) groups is 2. The lowest BCUT2D eigenvalue weighted by Crippen LogP contribution is -2.56. The zero-order valence-electron chi connectivity index (χ0n) is 16.7. The molecule has 150 valence electrons. The van der Waals surface area contributed by atoms with Crippen LogP contribution in [-0.4, -0.2) is 40.5 Å². The molecule has 0 aromatic heterocycles. The van der Waals surface area contributed by atoms with Crippen LogP contribution in [0.1, 0.15) is 65.0 Å². The molecule has 1 saturated heterocycles. The number of hydrogen-bond acceptors (Lipinski definition) is 3. The maximum atomic E-state index is 13.6. The van der Waals surface area contributed by atoms with E-state index >= 15 is 0 Å². The van der Waals surface area contributed by atoms with Gasteiger partial charge in [0.25, 0.3) is 0 Å². The quantitative estimate of drug-likeness (QED) is 0.740. The highest BCUT2D eigenvalue weighted by Crippen LogP contribution is 2.44. The normalized spacial score (nSPS) is 25.2. The highest BCUT2D eigenvalue weighted by atomic mass is 35.5. The lowest BCUT2D eigenvalue weighted by molar-refractivity contribution is -0.158. The predicted octanol–water partition coefficient (Wildman–Crippen LogP) is 3.70. The van der Waals surface area contributed by atoms with Crippen molar-refractivity contribution in [3.63, 3.8) is 0 Å². The Morgan fingerprint density at radius 3 is 2.52 bits per heavy atom. The van der Waals surface area contributed by atoms with Gasteiger partial charge < -0.3 is 15.3 Å². The molecule has 0 radical (unpaired) electrons. The molecule has 1 aliphatic rings. The molecule has 2 amide bonds. The number of hydrogen-bond donors (Lipinski definition) is 2. The summed E-state index contributed by atoms with van der Waals surface area (Å²) in [6, 6.07) is 7.10. The summed E-state index contributed by atoms with van der Waals surface area (Å²) in [5.74, 6) is -0.170. The van der Waals surface area contributed by atoms with E-state index in [0.717, 1.165) is 12.0 Å². The Kier molecular flexibility index (Phi) is 7.29. The topological polar surface area (TPSA) is 69.6 Å². The average Bonchev–Trinajstić information content (AvgIpc) is 2.60. The van der Waals surface area contributed by atoms with Gasteiger partial charge in [0.05, 0.1) is 23.6 Å². The van der Waals surface area contributed by atoms with Crippen LogP contribution in [-0.2, 0) is 9.59 Å². The standard InChI is InChI=1S/C21H31ClN2O3/c1-5-17(14(3)25)24-18(15-7-9-16(22)10-8-15)11-12-21(4,20(24)27)13-19(26)23-6-2/h7-10,14,17-18,25H,5-6,11-13H2,1-4H3,(H,23,26). The summed E-state index contributed by atoms with van der Waals surface area (Å²) in [6.07, 6.45) is 1.53. The van der Waals surface area contributed by atoms with Gasteiger partial charge >= 0.3 is 0 Å². The summed E-state index contributed by atoms with van der Waals surface area (Å²) in [6.45, 7) is 7.97. The fourth-order valence-corrected chi connectivity index (χ4v) is 4.22. The van der Waals surface area contributed by atoms with Crippen LogP contribution in [0.3, 0.4) is 0 Å². The predicted molar refractivity (Wildman–Crippen MR) is 107 cm³/mol. The molecule has 2 rings (SSSR count). The Labute approximate surface area is 167 Å². The monoisotopic (exact) mass is 394 g/mol. The maximum Gasteiger partial charge on any atom is 0.229 e. The van der Waals surface area contributed by atoms with Crippen molar-refractivity contribution in [1.82, 2.24) is 10.2 Å². The minimum atomic E-state index is -0.759. The van der Waals surface area contributed by atoms with Crippen molar-refractivity contribution in [2.45, 2.75) is 71.6 Å². The first-order valence-electron chi connectivity index (χ1n) is 9.76. The molecule has 4 unspecified atom stereocenters. The van der Waals surface area contributed by atoms with Gasteiger partial charge in [-0.1, -0.05) is 37.6 Å². The summed E-state index contributed by atoms with van der Waals surface area (Å²) in [4.78, 5) is 27.6. The lowest BCUT2D eigenvalue weighted by atomic mass is 9.73. The van der Waals surface area contributed by atoms with Crippen LogP contribution in [0.15, 0.2) is 24.3 Å². The number of rotatable bonds is 7. The summed E-state index contributed by atoms with van der Waals surface area (Å²) in [5.41, 5.74) is 0.247. The molecular formula is C21H31ClN2O3. The Morgan fingerprint density at radius 1 is 1.37 bits per heavy atom. The first-order valence-corrected chi connectivity index (χ1v) is 10.1. The van der Waals surface area contributed by atoms with Crippen molar-refractivity contribution in [2.24, 2.45) is 5.41 Å². The second-order valence-electron chi connectivity index (χ2n) is 7.73. The van der Waals surface area contributed by atoms with Gasteiger partial charge in [-0.15, -0.1) is 0 Å². The molecule has 1 aromatic carbocycles. The van der Waals surface area contributed by atoms with Gasteiger partial charge in [0.15, 0.2) is 0 Å². The molecule has 0 saturated carbocycles. The van der Waals surface area contributed by atoms with Crippen molar-refractivity contribution in [1.29, 1.82) is 0 Å². The highest BCUT2D eigenvalue weighted by Gasteiger charge is 2.48. The first-order chi connectivity index (χ1) is 12.7. The van der Waals surface area contributed by atoms with Crippen LogP contribution in [0.25, 0.3) is 0 Å². The summed E-state index contributed by atoms with van der Waals surface area (Å²) in [7, 11) is 0. The largest absolute Gasteiger partial charge is 0.391 e. The van der Waals surface area contributed by atoms with E-state index in [1.165, 1.54) is 0 Å². The van der Waals surface area contributed by atoms with Crippen LogP contribution in [0.4, 0.5) is 0 Å². The number of carbonyl (C=O) groups excluding carboxylic acids is 2.